The average Bonchev–Trinajstić information content (AvgIpc) is 3.26. The summed E-state index contributed by atoms with van der Waals surface area (Å²) in [5.41, 5.74) is 1.85. The van der Waals surface area contributed by atoms with Gasteiger partial charge in [-0.1, -0.05) is 48.0 Å². The maximum absolute atomic E-state index is 13.6. The zero-order chi connectivity index (χ0) is 25.6. The van der Waals surface area contributed by atoms with Crippen LogP contribution < -0.4 is 10.1 Å². The van der Waals surface area contributed by atoms with Crippen LogP contribution in [0.1, 0.15) is 44.4 Å². The van der Waals surface area contributed by atoms with Crippen LogP contribution in [-0.2, 0) is 9.53 Å². The number of carbonyl (C=O) groups is 2. The number of nitrogens with one attached hydrogen (secondary N) is 1. The van der Waals surface area contributed by atoms with Gasteiger partial charge in [-0.3, -0.25) is 4.79 Å². The molecule has 0 saturated heterocycles. The van der Waals surface area contributed by atoms with Gasteiger partial charge in [0.2, 0.25) is 0 Å². The third-order valence-corrected chi connectivity index (χ3v) is 5.84. The van der Waals surface area contributed by atoms with Crippen LogP contribution in [0.3, 0.4) is 0 Å². The van der Waals surface area contributed by atoms with Crippen LogP contribution in [0.2, 0.25) is 5.02 Å². The van der Waals surface area contributed by atoms with Crippen molar-refractivity contribution < 1.29 is 19.1 Å². The summed E-state index contributed by atoms with van der Waals surface area (Å²) in [6.45, 7) is 6.07. The molecule has 0 bridgehead atoms. The number of nitrogens with zero attached hydrogens (tertiary/aromatic N) is 3. The number of carbonyl (C=O) groups excluding carboxylic acids is 2. The predicted molar refractivity (Wildman–Crippen MR) is 137 cm³/mol. The van der Waals surface area contributed by atoms with Gasteiger partial charge in [0, 0.05) is 41.8 Å². The number of rotatable bonds is 8. The molecule has 3 amide bonds. The van der Waals surface area contributed by atoms with Gasteiger partial charge in [0.05, 0.1) is 25.5 Å². The molecule has 35 heavy (non-hydrogen) atoms. The molecule has 0 radical (unpaired) electrons. The second-order valence-corrected chi connectivity index (χ2v) is 9.73. The molecular formula is C26H33ClN4O4. The van der Waals surface area contributed by atoms with Crippen LogP contribution in [-0.4, -0.2) is 67.0 Å². The lowest BCUT2D eigenvalue weighted by Gasteiger charge is -2.30. The van der Waals surface area contributed by atoms with Crippen molar-refractivity contribution in [3.8, 4) is 5.75 Å². The van der Waals surface area contributed by atoms with Crippen molar-refractivity contribution in [3.05, 3.63) is 64.7 Å². The first kappa shape index (κ1) is 26.5. The van der Waals surface area contributed by atoms with Gasteiger partial charge in [-0.15, -0.1) is 0 Å². The van der Waals surface area contributed by atoms with Gasteiger partial charge in [-0.25, -0.2) is 9.80 Å². The van der Waals surface area contributed by atoms with Crippen molar-refractivity contribution in [3.63, 3.8) is 0 Å². The lowest BCUT2D eigenvalue weighted by Crippen LogP contribution is -2.52. The number of hydrogen-bond acceptors (Lipinski definition) is 5. The molecule has 8 nitrogen and oxygen atoms in total. The van der Waals surface area contributed by atoms with Gasteiger partial charge < -0.3 is 19.7 Å². The summed E-state index contributed by atoms with van der Waals surface area (Å²) in [6, 6.07) is 14.2. The number of para-hydroxylation sites is 1. The number of hydrazone groups is 1. The van der Waals surface area contributed by atoms with Gasteiger partial charge in [0.25, 0.3) is 5.91 Å². The van der Waals surface area contributed by atoms with E-state index >= 15 is 0 Å². The monoisotopic (exact) mass is 500 g/mol. The topological polar surface area (TPSA) is 83.5 Å². The molecule has 1 heterocycles. The van der Waals surface area contributed by atoms with Crippen LogP contribution in [0.4, 0.5) is 4.79 Å². The number of amides is 3. The third-order valence-electron chi connectivity index (χ3n) is 5.51. The first-order chi connectivity index (χ1) is 16.6. The molecule has 0 aliphatic carbocycles. The molecule has 1 atom stereocenters. The van der Waals surface area contributed by atoms with Crippen LogP contribution in [0, 0.1) is 0 Å². The summed E-state index contributed by atoms with van der Waals surface area (Å²) in [5.74, 6) is 0.343. The van der Waals surface area contributed by atoms with E-state index in [1.54, 1.807) is 20.3 Å². The van der Waals surface area contributed by atoms with Crippen molar-refractivity contribution >= 4 is 29.3 Å². The van der Waals surface area contributed by atoms with E-state index in [0.29, 0.717) is 29.5 Å². The highest BCUT2D eigenvalue weighted by Gasteiger charge is 2.36. The van der Waals surface area contributed by atoms with Crippen molar-refractivity contribution in [1.29, 1.82) is 0 Å². The molecule has 2 aromatic carbocycles. The third kappa shape index (κ3) is 6.74. The summed E-state index contributed by atoms with van der Waals surface area (Å²) in [7, 11) is 3.15. The molecule has 1 aliphatic heterocycles. The molecule has 0 unspecified atom stereocenters. The van der Waals surface area contributed by atoms with Crippen molar-refractivity contribution in [1.82, 2.24) is 15.2 Å². The molecule has 2 aromatic rings. The zero-order valence-electron chi connectivity index (χ0n) is 20.9. The molecule has 9 heteroatoms. The smallest absolute Gasteiger partial charge is 0.318 e. The maximum Gasteiger partial charge on any atom is 0.318 e. The standard InChI is InChI=1S/C26H33ClN4O4/c1-26(2,3)28-25(33)30(14-15-34-4)17-24(32)31-22(19-11-7-9-13-23(19)35-5)16-21(29-31)18-10-6-8-12-20(18)27/h6-13,22H,14-17H2,1-5H3,(H,28,33)/t22-/m0/s1. The van der Waals surface area contributed by atoms with Gasteiger partial charge in [-0.05, 0) is 32.9 Å². The molecule has 0 spiro atoms. The second-order valence-electron chi connectivity index (χ2n) is 9.32. The fraction of sp³-hybridized carbons (Fsp3) is 0.423. The normalized spacial score (nSPS) is 15.5. The van der Waals surface area contributed by atoms with Crippen LogP contribution in [0.5, 0.6) is 5.75 Å². The van der Waals surface area contributed by atoms with Gasteiger partial charge in [0.15, 0.2) is 0 Å². The highest BCUT2D eigenvalue weighted by atomic mass is 35.5. The van der Waals surface area contributed by atoms with Crippen LogP contribution in [0.25, 0.3) is 0 Å². The van der Waals surface area contributed by atoms with E-state index in [1.165, 1.54) is 9.91 Å². The minimum Gasteiger partial charge on any atom is -0.496 e. The minimum absolute atomic E-state index is 0.157. The Hall–Kier alpha value is -3.10. The summed E-state index contributed by atoms with van der Waals surface area (Å²) in [4.78, 5) is 28.0. The molecule has 0 aromatic heterocycles. The van der Waals surface area contributed by atoms with Gasteiger partial charge >= 0.3 is 6.03 Å². The zero-order valence-corrected chi connectivity index (χ0v) is 21.6. The molecule has 188 valence electrons. The van der Waals surface area contributed by atoms with Crippen LogP contribution >= 0.6 is 11.6 Å². The number of urea groups is 1. The fourth-order valence-corrected chi connectivity index (χ4v) is 4.12. The first-order valence-electron chi connectivity index (χ1n) is 11.5. The SMILES string of the molecule is COCCN(CC(=O)N1N=C(c2ccccc2Cl)C[C@H]1c1ccccc1OC)C(=O)NC(C)(C)C. The Morgan fingerprint density at radius 2 is 1.83 bits per heavy atom. The van der Waals surface area contributed by atoms with E-state index in [4.69, 9.17) is 26.2 Å². The summed E-state index contributed by atoms with van der Waals surface area (Å²) in [6.07, 6.45) is 0.460. The average molecular weight is 501 g/mol. The Kier molecular flexibility index (Phi) is 8.75. The highest BCUT2D eigenvalue weighted by molar-refractivity contribution is 6.34. The predicted octanol–water partition coefficient (Wildman–Crippen LogP) is 4.48. The fourth-order valence-electron chi connectivity index (χ4n) is 3.87. The molecule has 3 rings (SSSR count). The van der Waals surface area contributed by atoms with Gasteiger partial charge in [-0.2, -0.15) is 5.10 Å². The maximum atomic E-state index is 13.6. The van der Waals surface area contributed by atoms with E-state index in [0.717, 1.165) is 11.1 Å². The summed E-state index contributed by atoms with van der Waals surface area (Å²) in [5, 5.41) is 9.61. The first-order valence-corrected chi connectivity index (χ1v) is 11.9. The van der Waals surface area contributed by atoms with Gasteiger partial charge in [0.1, 0.15) is 12.3 Å². The lowest BCUT2D eigenvalue weighted by molar-refractivity contribution is -0.133. The minimum atomic E-state index is -0.450. The van der Waals surface area contributed by atoms with E-state index in [2.05, 4.69) is 5.32 Å². The van der Waals surface area contributed by atoms with Crippen LogP contribution in [0.15, 0.2) is 53.6 Å². The molecule has 1 aliphatic rings. The van der Waals surface area contributed by atoms with E-state index in [9.17, 15) is 9.59 Å². The van der Waals surface area contributed by atoms with Crippen molar-refractivity contribution in [2.45, 2.75) is 38.8 Å². The summed E-state index contributed by atoms with van der Waals surface area (Å²) < 4.78 is 10.7. The number of methoxy groups -OCH3 is 2. The Balaban J connectivity index is 1.94. The van der Waals surface area contributed by atoms with E-state index in [-0.39, 0.29) is 25.0 Å². The quantitative estimate of drug-likeness (QED) is 0.579. The number of halogens is 1. The number of ether oxygens (including phenoxy) is 2. The molecule has 1 N–H and O–H groups in total. The highest BCUT2D eigenvalue weighted by Crippen LogP contribution is 2.38. The van der Waals surface area contributed by atoms with Crippen molar-refractivity contribution in [2.24, 2.45) is 5.10 Å². The van der Waals surface area contributed by atoms with E-state index in [1.807, 2.05) is 63.2 Å². The van der Waals surface area contributed by atoms with E-state index < -0.39 is 11.6 Å². The second kappa shape index (κ2) is 11.6. The summed E-state index contributed by atoms with van der Waals surface area (Å²) >= 11 is 6.44. The Labute approximate surface area is 211 Å². The molecular weight excluding hydrogens is 468 g/mol. The lowest BCUT2D eigenvalue weighted by atomic mass is 9.97. The largest absolute Gasteiger partial charge is 0.496 e. The Morgan fingerprint density at radius 3 is 2.49 bits per heavy atom. The Morgan fingerprint density at radius 1 is 1.14 bits per heavy atom. The molecule has 0 saturated carbocycles. The Bertz CT molecular complexity index is 1080. The number of benzene rings is 2. The number of hydrogen-bond donors (Lipinski definition) is 1. The van der Waals surface area contributed by atoms with Crippen molar-refractivity contribution in [2.75, 3.05) is 33.9 Å². The molecule has 0 fully saturated rings.